The van der Waals surface area contributed by atoms with Crippen LogP contribution in [-0.2, 0) is 36.2 Å². The second kappa shape index (κ2) is 12.7. The Balaban J connectivity index is 1.87. The Bertz CT molecular complexity index is 1850. The van der Waals surface area contributed by atoms with Gasteiger partial charge in [-0.25, -0.2) is 27.0 Å². The molecule has 14 nitrogen and oxygen atoms in total. The summed E-state index contributed by atoms with van der Waals surface area (Å²) in [7, 11) is -3.74. The van der Waals surface area contributed by atoms with Crippen molar-refractivity contribution >= 4 is 43.8 Å². The Kier molecular flexibility index (Phi) is 9.20. The summed E-state index contributed by atoms with van der Waals surface area (Å²) in [6.45, 7) is 1.91. The minimum Gasteiger partial charge on any atom is -0.497 e. The molecule has 0 spiro atoms. The first kappa shape index (κ1) is 31.2. The SMILES string of the molecule is COc1ccc2nc(S(=O)Cc3ncc(C)c(OC)c3C)n(S(=O)(=O)c3ccc(OCC(=O)O)c(OCC(=O)O)c3)c2c1. The van der Waals surface area contributed by atoms with Crippen LogP contribution in [0, 0.1) is 13.8 Å². The molecule has 0 amide bonds. The molecule has 1 unspecified atom stereocenters. The number of carboxylic acid groups (broad SMARTS) is 2. The number of methoxy groups -OCH3 is 2. The second-order valence-electron chi connectivity index (χ2n) is 9.03. The molecule has 2 aromatic heterocycles. The number of hydrogen-bond donors (Lipinski definition) is 2. The Labute approximate surface area is 248 Å². The van der Waals surface area contributed by atoms with Gasteiger partial charge in [-0.1, -0.05) is 0 Å². The standard InChI is InChI=1S/C27H27N3O11S2/c1-15-11-28-20(16(2)26(15)39-4)14-42(35)27-29-19-7-5-17(38-3)9-21(19)30(27)43(36,37)18-6-8-22(40-12-24(31)32)23(10-18)41-13-25(33)34/h5-11H,12-14H2,1-4H3,(H,31,32)(H,33,34). The van der Waals surface area contributed by atoms with Crippen LogP contribution in [0.15, 0.2) is 52.6 Å². The average Bonchev–Trinajstić information content (AvgIpc) is 3.36. The number of imidazole rings is 1. The highest BCUT2D eigenvalue weighted by molar-refractivity contribution is 7.91. The van der Waals surface area contributed by atoms with E-state index in [2.05, 4.69) is 9.97 Å². The van der Waals surface area contributed by atoms with Crippen molar-refractivity contribution in [3.8, 4) is 23.0 Å². The zero-order valence-electron chi connectivity index (χ0n) is 23.4. The molecule has 1 atom stereocenters. The van der Waals surface area contributed by atoms with Crippen molar-refractivity contribution in [2.24, 2.45) is 0 Å². The lowest BCUT2D eigenvalue weighted by atomic mass is 10.1. The highest BCUT2D eigenvalue weighted by Gasteiger charge is 2.30. The third kappa shape index (κ3) is 6.54. The quantitative estimate of drug-likeness (QED) is 0.218. The fourth-order valence-corrected chi connectivity index (χ4v) is 7.24. The molecule has 0 fully saturated rings. The third-order valence-electron chi connectivity index (χ3n) is 6.17. The number of carboxylic acids is 2. The minimum absolute atomic E-state index is 0.0630. The number of nitrogens with zero attached hydrogens (tertiary/aromatic N) is 3. The van der Waals surface area contributed by atoms with Gasteiger partial charge in [0.05, 0.1) is 52.4 Å². The summed E-state index contributed by atoms with van der Waals surface area (Å²) >= 11 is 0. The van der Waals surface area contributed by atoms with Gasteiger partial charge in [-0.05, 0) is 38.1 Å². The maximum absolute atomic E-state index is 14.2. The third-order valence-corrected chi connectivity index (χ3v) is 9.20. The molecule has 0 bridgehead atoms. The molecule has 43 heavy (non-hydrogen) atoms. The van der Waals surface area contributed by atoms with E-state index in [9.17, 15) is 22.2 Å². The summed E-state index contributed by atoms with van der Waals surface area (Å²) in [4.78, 5) is 30.5. The molecule has 228 valence electrons. The molecule has 0 radical (unpaired) electrons. The number of carbonyl (C=O) groups is 2. The van der Waals surface area contributed by atoms with E-state index in [0.717, 1.165) is 27.7 Å². The number of aryl methyl sites for hydroxylation is 1. The van der Waals surface area contributed by atoms with Gasteiger partial charge < -0.3 is 29.2 Å². The van der Waals surface area contributed by atoms with Gasteiger partial charge >= 0.3 is 11.9 Å². The van der Waals surface area contributed by atoms with Gasteiger partial charge in [0.2, 0.25) is 5.16 Å². The number of pyridine rings is 1. The predicted octanol–water partition coefficient (Wildman–Crippen LogP) is 2.54. The van der Waals surface area contributed by atoms with Crippen molar-refractivity contribution in [3.63, 3.8) is 0 Å². The minimum atomic E-state index is -4.59. The molecule has 0 aliphatic carbocycles. The Morgan fingerprint density at radius 1 is 0.953 bits per heavy atom. The Hall–Kier alpha value is -4.70. The maximum atomic E-state index is 14.2. The summed E-state index contributed by atoms with van der Waals surface area (Å²) in [5.41, 5.74) is 2.10. The van der Waals surface area contributed by atoms with Gasteiger partial charge in [0.15, 0.2) is 24.7 Å². The zero-order valence-corrected chi connectivity index (χ0v) is 25.0. The number of aromatic nitrogens is 3. The summed E-state index contributed by atoms with van der Waals surface area (Å²) in [6, 6.07) is 7.76. The van der Waals surface area contributed by atoms with Gasteiger partial charge in [-0.3, -0.25) is 9.19 Å². The van der Waals surface area contributed by atoms with Crippen LogP contribution in [0.2, 0.25) is 0 Å². The largest absolute Gasteiger partial charge is 0.497 e. The van der Waals surface area contributed by atoms with Crippen molar-refractivity contribution in [3.05, 3.63) is 59.4 Å². The lowest BCUT2D eigenvalue weighted by molar-refractivity contribution is -0.140. The Morgan fingerprint density at radius 3 is 2.26 bits per heavy atom. The molecule has 4 rings (SSSR count). The van der Waals surface area contributed by atoms with Crippen LogP contribution in [0.3, 0.4) is 0 Å². The average molecular weight is 634 g/mol. The van der Waals surface area contributed by atoms with Gasteiger partial charge in [0, 0.05) is 29.5 Å². The lowest BCUT2D eigenvalue weighted by Gasteiger charge is -2.15. The van der Waals surface area contributed by atoms with Crippen LogP contribution in [0.1, 0.15) is 16.8 Å². The molecule has 2 aromatic carbocycles. The van der Waals surface area contributed by atoms with E-state index in [0.29, 0.717) is 22.8 Å². The molecule has 0 aliphatic heterocycles. The molecule has 16 heteroatoms. The lowest BCUT2D eigenvalue weighted by Crippen LogP contribution is -2.19. The van der Waals surface area contributed by atoms with Crippen molar-refractivity contribution in [2.75, 3.05) is 27.4 Å². The van der Waals surface area contributed by atoms with Gasteiger partial charge in [-0.15, -0.1) is 0 Å². The van der Waals surface area contributed by atoms with E-state index >= 15 is 0 Å². The monoisotopic (exact) mass is 633 g/mol. The molecule has 2 N–H and O–H groups in total. The summed E-state index contributed by atoms with van der Waals surface area (Å²) < 4.78 is 64.0. The number of rotatable bonds is 13. The summed E-state index contributed by atoms with van der Waals surface area (Å²) in [6.07, 6.45) is 1.57. The van der Waals surface area contributed by atoms with E-state index in [4.69, 9.17) is 29.2 Å². The molecule has 2 heterocycles. The normalized spacial score (nSPS) is 12.1. The van der Waals surface area contributed by atoms with E-state index < -0.39 is 50.9 Å². The van der Waals surface area contributed by atoms with Crippen molar-refractivity contribution < 1.29 is 51.4 Å². The number of ether oxygens (including phenoxy) is 4. The zero-order chi connectivity index (χ0) is 31.5. The first-order valence-corrected chi connectivity index (χ1v) is 15.2. The van der Waals surface area contributed by atoms with Gasteiger partial charge in [0.1, 0.15) is 11.5 Å². The summed E-state index contributed by atoms with van der Waals surface area (Å²) in [5, 5.41) is 17.7. The van der Waals surface area contributed by atoms with Crippen LogP contribution in [0.4, 0.5) is 0 Å². The maximum Gasteiger partial charge on any atom is 0.341 e. The van der Waals surface area contributed by atoms with E-state index in [1.54, 1.807) is 19.2 Å². The highest BCUT2D eigenvalue weighted by Crippen LogP contribution is 2.34. The first-order chi connectivity index (χ1) is 20.4. The number of aliphatic carboxylic acids is 2. The van der Waals surface area contributed by atoms with Crippen molar-refractivity contribution in [2.45, 2.75) is 29.7 Å². The number of fused-ring (bicyclic) bond motifs is 1. The Morgan fingerprint density at radius 2 is 1.63 bits per heavy atom. The molecular formula is C27H27N3O11S2. The topological polar surface area (TPSA) is 193 Å². The van der Waals surface area contributed by atoms with E-state index in [1.165, 1.54) is 26.4 Å². The van der Waals surface area contributed by atoms with E-state index in [1.807, 2.05) is 6.92 Å². The van der Waals surface area contributed by atoms with Crippen molar-refractivity contribution in [1.29, 1.82) is 0 Å². The number of hydrogen-bond acceptors (Lipinski definition) is 11. The summed E-state index contributed by atoms with van der Waals surface area (Å²) in [5.74, 6) is -2.52. The predicted molar refractivity (Wildman–Crippen MR) is 152 cm³/mol. The number of benzene rings is 2. The fraction of sp³-hybridized carbons (Fsp3) is 0.259. The smallest absolute Gasteiger partial charge is 0.341 e. The van der Waals surface area contributed by atoms with Crippen LogP contribution >= 0.6 is 0 Å². The van der Waals surface area contributed by atoms with Gasteiger partial charge in [0.25, 0.3) is 10.0 Å². The molecule has 4 aromatic rings. The van der Waals surface area contributed by atoms with Crippen LogP contribution < -0.4 is 18.9 Å². The second-order valence-corrected chi connectivity index (χ2v) is 12.2. The molecule has 0 aliphatic rings. The van der Waals surface area contributed by atoms with Crippen LogP contribution in [-0.4, -0.2) is 76.2 Å². The van der Waals surface area contributed by atoms with E-state index in [-0.39, 0.29) is 33.4 Å². The highest BCUT2D eigenvalue weighted by atomic mass is 32.2. The van der Waals surface area contributed by atoms with Crippen LogP contribution in [0.5, 0.6) is 23.0 Å². The first-order valence-electron chi connectivity index (χ1n) is 12.4. The molecule has 0 saturated heterocycles. The van der Waals surface area contributed by atoms with Gasteiger partial charge in [-0.2, -0.15) is 0 Å². The van der Waals surface area contributed by atoms with Crippen LogP contribution in [0.25, 0.3) is 11.0 Å². The van der Waals surface area contributed by atoms with Crippen molar-refractivity contribution in [1.82, 2.24) is 13.9 Å². The molecule has 0 saturated carbocycles. The molecular weight excluding hydrogens is 606 g/mol. The fourth-order valence-electron chi connectivity index (χ4n) is 4.19.